The summed E-state index contributed by atoms with van der Waals surface area (Å²) in [7, 11) is 0. The zero-order valence-electron chi connectivity index (χ0n) is 13.7. The van der Waals surface area contributed by atoms with Gasteiger partial charge in [0.15, 0.2) is 0 Å². The number of pyridine rings is 1. The summed E-state index contributed by atoms with van der Waals surface area (Å²) in [5.74, 6) is 0.888. The maximum Gasteiger partial charge on any atom is 0.269 e. The standard InChI is InChI=1S/C18H19N3O3.ClH/c22-18-3-1-2-17-15-8-14(11-20(17)18)10-19(12-15)9-13-4-6-16(7-5-13)21(23)24;/h1-7,14-15H,8-12H2;1H/t14-,15+;/m1./s1. The summed E-state index contributed by atoms with van der Waals surface area (Å²) >= 11 is 0. The van der Waals surface area contributed by atoms with Gasteiger partial charge >= 0.3 is 0 Å². The third-order valence-electron chi connectivity index (χ3n) is 5.11. The lowest BCUT2D eigenvalue weighted by atomic mass is 9.83. The highest BCUT2D eigenvalue weighted by molar-refractivity contribution is 5.85. The van der Waals surface area contributed by atoms with E-state index in [1.165, 1.54) is 0 Å². The molecule has 1 saturated heterocycles. The number of nitrogens with zero attached hydrogens (tertiary/aromatic N) is 3. The summed E-state index contributed by atoms with van der Waals surface area (Å²) in [4.78, 5) is 24.8. The van der Waals surface area contributed by atoms with Gasteiger partial charge in [0.25, 0.3) is 11.2 Å². The highest BCUT2D eigenvalue weighted by atomic mass is 35.5. The van der Waals surface area contributed by atoms with E-state index >= 15 is 0 Å². The van der Waals surface area contributed by atoms with Gasteiger partial charge < -0.3 is 4.57 Å². The minimum Gasteiger partial charge on any atom is -0.312 e. The van der Waals surface area contributed by atoms with E-state index in [4.69, 9.17) is 0 Å². The van der Waals surface area contributed by atoms with E-state index in [-0.39, 0.29) is 28.6 Å². The van der Waals surface area contributed by atoms with Crippen molar-refractivity contribution in [3.63, 3.8) is 0 Å². The highest BCUT2D eigenvalue weighted by Crippen LogP contribution is 2.35. The van der Waals surface area contributed by atoms with Crippen molar-refractivity contribution in [3.05, 3.63) is 74.2 Å². The van der Waals surface area contributed by atoms with Gasteiger partial charge in [0, 0.05) is 56.0 Å². The second-order valence-corrected chi connectivity index (χ2v) is 6.82. The Kier molecular flexibility index (Phi) is 4.92. The second-order valence-electron chi connectivity index (χ2n) is 6.82. The third kappa shape index (κ3) is 3.45. The Morgan fingerprint density at radius 3 is 2.56 bits per heavy atom. The van der Waals surface area contributed by atoms with Crippen LogP contribution < -0.4 is 5.56 Å². The Bertz CT molecular complexity index is 834. The lowest BCUT2D eigenvalue weighted by molar-refractivity contribution is -0.384. The predicted octanol–water partition coefficient (Wildman–Crippen LogP) is 2.80. The zero-order chi connectivity index (χ0) is 16.7. The summed E-state index contributed by atoms with van der Waals surface area (Å²) in [6, 6.07) is 12.4. The first-order valence-corrected chi connectivity index (χ1v) is 8.25. The van der Waals surface area contributed by atoms with Crippen LogP contribution in [0.25, 0.3) is 0 Å². The molecule has 7 heteroatoms. The number of non-ortho nitro benzene ring substituents is 1. The van der Waals surface area contributed by atoms with Gasteiger partial charge in [0.1, 0.15) is 0 Å². The van der Waals surface area contributed by atoms with Gasteiger partial charge in [-0.25, -0.2) is 0 Å². The van der Waals surface area contributed by atoms with E-state index in [9.17, 15) is 14.9 Å². The number of benzene rings is 1. The second kappa shape index (κ2) is 6.98. The summed E-state index contributed by atoms with van der Waals surface area (Å²) in [6.45, 7) is 3.48. The molecule has 0 saturated carbocycles. The largest absolute Gasteiger partial charge is 0.312 e. The first kappa shape index (κ1) is 17.6. The molecule has 0 unspecified atom stereocenters. The Morgan fingerprint density at radius 1 is 1.08 bits per heavy atom. The molecule has 2 atom stereocenters. The van der Waals surface area contributed by atoms with Crippen LogP contribution >= 0.6 is 12.4 Å². The van der Waals surface area contributed by atoms with Gasteiger partial charge in [-0.2, -0.15) is 0 Å². The highest BCUT2D eigenvalue weighted by Gasteiger charge is 2.34. The van der Waals surface area contributed by atoms with Crippen LogP contribution in [0, 0.1) is 16.0 Å². The van der Waals surface area contributed by atoms with Gasteiger partial charge in [-0.05, 0) is 24.0 Å². The van der Waals surface area contributed by atoms with Crippen LogP contribution in [0.3, 0.4) is 0 Å². The van der Waals surface area contributed by atoms with Crippen LogP contribution in [0.4, 0.5) is 5.69 Å². The van der Waals surface area contributed by atoms with Crippen LogP contribution in [0.15, 0.2) is 47.3 Å². The molecule has 0 radical (unpaired) electrons. The fourth-order valence-corrected chi connectivity index (χ4v) is 4.11. The van der Waals surface area contributed by atoms with Crippen molar-refractivity contribution < 1.29 is 4.92 Å². The minimum absolute atomic E-state index is 0. The molecule has 3 heterocycles. The van der Waals surface area contributed by atoms with Gasteiger partial charge in [-0.1, -0.05) is 18.2 Å². The Balaban J connectivity index is 0.00000182. The number of piperidine rings is 1. The summed E-state index contributed by atoms with van der Waals surface area (Å²) in [5, 5.41) is 10.7. The topological polar surface area (TPSA) is 68.4 Å². The van der Waals surface area contributed by atoms with Gasteiger partial charge in [0.05, 0.1) is 4.92 Å². The van der Waals surface area contributed by atoms with E-state index in [1.54, 1.807) is 18.2 Å². The van der Waals surface area contributed by atoms with Crippen molar-refractivity contribution in [1.29, 1.82) is 0 Å². The molecule has 4 rings (SSSR count). The van der Waals surface area contributed by atoms with Crippen molar-refractivity contribution >= 4 is 18.1 Å². The maximum absolute atomic E-state index is 12.0. The van der Waals surface area contributed by atoms with Crippen LogP contribution in [0.2, 0.25) is 0 Å². The van der Waals surface area contributed by atoms with Crippen LogP contribution in [0.1, 0.15) is 23.6 Å². The van der Waals surface area contributed by atoms with Crippen molar-refractivity contribution in [3.8, 4) is 0 Å². The average molecular weight is 362 g/mol. The quantitative estimate of drug-likeness (QED) is 0.622. The molecular weight excluding hydrogens is 342 g/mol. The summed E-state index contributed by atoms with van der Waals surface area (Å²) < 4.78 is 1.93. The normalized spacial score (nSPS) is 21.9. The smallest absolute Gasteiger partial charge is 0.269 e. The number of fused-ring (bicyclic) bond motifs is 4. The number of nitro groups is 1. The number of rotatable bonds is 3. The van der Waals surface area contributed by atoms with E-state index in [0.29, 0.717) is 11.8 Å². The molecule has 2 bridgehead atoms. The number of nitro benzene ring substituents is 1. The molecule has 0 spiro atoms. The molecule has 0 amide bonds. The first-order valence-electron chi connectivity index (χ1n) is 8.25. The molecule has 1 fully saturated rings. The number of hydrogen-bond acceptors (Lipinski definition) is 4. The lowest BCUT2D eigenvalue weighted by Crippen LogP contribution is -2.46. The molecule has 132 valence electrons. The fourth-order valence-electron chi connectivity index (χ4n) is 4.11. The van der Waals surface area contributed by atoms with Gasteiger partial charge in [0.2, 0.25) is 0 Å². The van der Waals surface area contributed by atoms with Crippen LogP contribution in [0.5, 0.6) is 0 Å². The molecule has 2 aliphatic heterocycles. The summed E-state index contributed by atoms with van der Waals surface area (Å²) in [6.07, 6.45) is 1.14. The number of halogens is 1. The molecular formula is C18H20ClN3O3. The van der Waals surface area contributed by atoms with E-state index < -0.39 is 0 Å². The van der Waals surface area contributed by atoms with Gasteiger partial charge in [-0.3, -0.25) is 19.8 Å². The minimum atomic E-state index is -0.371. The molecule has 2 aliphatic rings. The molecule has 1 aromatic carbocycles. The summed E-state index contributed by atoms with van der Waals surface area (Å²) in [5.41, 5.74) is 2.46. The van der Waals surface area contributed by atoms with E-state index in [1.807, 2.05) is 22.8 Å². The maximum atomic E-state index is 12.0. The average Bonchev–Trinajstić information content (AvgIpc) is 2.56. The van der Waals surface area contributed by atoms with Crippen molar-refractivity contribution in [2.75, 3.05) is 13.1 Å². The monoisotopic (exact) mass is 361 g/mol. The third-order valence-corrected chi connectivity index (χ3v) is 5.11. The Labute approximate surface area is 151 Å². The van der Waals surface area contributed by atoms with Crippen molar-refractivity contribution in [2.24, 2.45) is 5.92 Å². The van der Waals surface area contributed by atoms with Crippen LogP contribution in [-0.2, 0) is 13.1 Å². The number of likely N-dealkylation sites (tertiary alicyclic amines) is 1. The SMILES string of the molecule is Cl.O=c1cccc2n1C[C@@H]1C[C@H]2CN(Cc2ccc([N+](=O)[O-])cc2)C1. The molecule has 0 N–H and O–H groups in total. The van der Waals surface area contributed by atoms with Crippen molar-refractivity contribution in [1.82, 2.24) is 9.47 Å². The van der Waals surface area contributed by atoms with Crippen LogP contribution in [-0.4, -0.2) is 27.5 Å². The molecule has 0 aliphatic carbocycles. The molecule has 6 nitrogen and oxygen atoms in total. The lowest BCUT2D eigenvalue weighted by Gasteiger charge is -2.42. The van der Waals surface area contributed by atoms with Gasteiger partial charge in [-0.15, -0.1) is 12.4 Å². The van der Waals surface area contributed by atoms with Crippen molar-refractivity contribution in [2.45, 2.75) is 25.4 Å². The first-order chi connectivity index (χ1) is 11.6. The Morgan fingerprint density at radius 2 is 1.84 bits per heavy atom. The number of aromatic nitrogens is 1. The predicted molar refractivity (Wildman–Crippen MR) is 97.2 cm³/mol. The van der Waals surface area contributed by atoms with E-state index in [0.717, 1.165) is 43.9 Å². The van der Waals surface area contributed by atoms with E-state index in [2.05, 4.69) is 11.0 Å². The molecule has 1 aromatic heterocycles. The molecule has 2 aromatic rings. The number of hydrogen-bond donors (Lipinski definition) is 0. The zero-order valence-corrected chi connectivity index (χ0v) is 14.5. The Hall–Kier alpha value is -2.18. The molecule has 25 heavy (non-hydrogen) atoms. The fraction of sp³-hybridized carbons (Fsp3) is 0.389.